The van der Waals surface area contributed by atoms with Crippen LogP contribution in [0.4, 0.5) is 5.95 Å². The van der Waals surface area contributed by atoms with Gasteiger partial charge in [-0.3, -0.25) is 24.8 Å². The number of hydrogen-bond donors (Lipinski definition) is 1. The van der Waals surface area contributed by atoms with Gasteiger partial charge in [-0.25, -0.2) is 15.0 Å². The quantitative estimate of drug-likeness (QED) is 0.402. The Hall–Kier alpha value is -4.72. The molecule has 0 aliphatic carbocycles. The third-order valence-corrected chi connectivity index (χ3v) is 5.99. The number of aliphatic imine (C=N–C) groups is 1. The highest BCUT2D eigenvalue weighted by atomic mass is 16.1. The maximum Gasteiger partial charge on any atom is 0.250 e. The molecule has 6 heterocycles. The molecule has 2 atom stereocenters. The predicted octanol–water partition coefficient (Wildman–Crippen LogP) is -0.442. The largest absolute Gasteiger partial charge is 0.310 e. The smallest absolute Gasteiger partial charge is 0.250 e. The van der Waals surface area contributed by atoms with Crippen molar-refractivity contribution < 1.29 is 0 Å². The van der Waals surface area contributed by atoms with Crippen molar-refractivity contribution in [3.8, 4) is 0 Å². The van der Waals surface area contributed by atoms with Gasteiger partial charge in [0.05, 0.1) is 43.1 Å². The van der Waals surface area contributed by atoms with Gasteiger partial charge in [0.1, 0.15) is 24.8 Å². The summed E-state index contributed by atoms with van der Waals surface area (Å²) in [4.78, 5) is 46.2. The summed E-state index contributed by atoms with van der Waals surface area (Å²) in [6.07, 6.45) is 12.6. The lowest BCUT2D eigenvalue weighted by Gasteiger charge is -2.43. The molecule has 35 heavy (non-hydrogen) atoms. The Balaban J connectivity index is 1.70. The lowest BCUT2D eigenvalue weighted by molar-refractivity contribution is 0.0627. The number of aromatic amines is 1. The highest BCUT2D eigenvalue weighted by molar-refractivity contribution is 5.58. The fourth-order valence-corrected chi connectivity index (χ4v) is 4.63. The minimum absolute atomic E-state index is 0.268. The fourth-order valence-electron chi connectivity index (χ4n) is 4.63. The molecule has 4 aromatic heterocycles. The Morgan fingerprint density at radius 3 is 2.60 bits per heavy atom. The van der Waals surface area contributed by atoms with Crippen LogP contribution in [0.15, 0.2) is 71.6 Å². The summed E-state index contributed by atoms with van der Waals surface area (Å²) in [5.74, 6) is 0.305. The number of hydrogen-bond acceptors (Lipinski definition) is 13. The summed E-state index contributed by atoms with van der Waals surface area (Å²) in [5, 5.41) is 14.5. The van der Waals surface area contributed by atoms with Crippen molar-refractivity contribution in [2.75, 3.05) is 24.6 Å². The van der Waals surface area contributed by atoms with Crippen LogP contribution < -0.4 is 10.6 Å². The van der Waals surface area contributed by atoms with Gasteiger partial charge >= 0.3 is 0 Å². The van der Waals surface area contributed by atoms with Crippen LogP contribution in [0.3, 0.4) is 0 Å². The van der Waals surface area contributed by atoms with Gasteiger partial charge in [0.2, 0.25) is 5.95 Å². The lowest BCUT2D eigenvalue weighted by atomic mass is 9.78. The molecular weight excluding hydrogens is 450 g/mol. The second kappa shape index (κ2) is 8.57. The minimum Gasteiger partial charge on any atom is -0.310 e. The molecule has 14 heteroatoms. The van der Waals surface area contributed by atoms with E-state index in [2.05, 4.69) is 45.1 Å². The molecule has 0 amide bonds. The van der Waals surface area contributed by atoms with Crippen molar-refractivity contribution in [3.05, 3.63) is 89.4 Å². The third-order valence-electron chi connectivity index (χ3n) is 5.99. The first-order valence-electron chi connectivity index (χ1n) is 10.8. The average Bonchev–Trinajstić information content (AvgIpc) is 3.57. The molecular formula is C21H19N13O. The molecule has 1 fully saturated rings. The summed E-state index contributed by atoms with van der Waals surface area (Å²) in [7, 11) is 0. The zero-order valence-electron chi connectivity index (χ0n) is 18.3. The van der Waals surface area contributed by atoms with E-state index in [0.717, 1.165) is 0 Å². The number of rotatable bonds is 5. The first kappa shape index (κ1) is 20.9. The predicted molar refractivity (Wildman–Crippen MR) is 122 cm³/mol. The maximum absolute atomic E-state index is 12.4. The molecule has 0 aromatic carbocycles. The van der Waals surface area contributed by atoms with Gasteiger partial charge in [0.15, 0.2) is 5.54 Å². The monoisotopic (exact) mass is 469 g/mol. The van der Waals surface area contributed by atoms with Gasteiger partial charge in [0.25, 0.3) is 5.56 Å². The molecule has 1 N–H and O–H groups in total. The molecule has 174 valence electrons. The minimum atomic E-state index is -1.18. The number of nitrogens with zero attached hydrogens (tertiary/aromatic N) is 12. The molecule has 0 bridgehead atoms. The van der Waals surface area contributed by atoms with E-state index in [9.17, 15) is 4.79 Å². The Kier molecular flexibility index (Phi) is 5.11. The van der Waals surface area contributed by atoms with Crippen LogP contribution in [0.5, 0.6) is 0 Å². The number of H-pyrrole nitrogens is 1. The van der Waals surface area contributed by atoms with Crippen molar-refractivity contribution in [1.82, 2.24) is 55.2 Å². The summed E-state index contributed by atoms with van der Waals surface area (Å²) >= 11 is 0. The topological polar surface area (TPSA) is 158 Å². The van der Waals surface area contributed by atoms with E-state index in [1.54, 1.807) is 37.2 Å². The maximum atomic E-state index is 12.4. The van der Waals surface area contributed by atoms with Gasteiger partial charge in [-0.05, 0) is 12.1 Å². The summed E-state index contributed by atoms with van der Waals surface area (Å²) in [6, 6.07) is 5.02. The molecule has 0 spiro atoms. The third kappa shape index (κ3) is 3.38. The standard InChI is InChI=1S/C21H19N13O/c35-18-3-5-26-19(30-18)15-11-33(32-9-8-23-14-32)34(20-27-12-24-13-28-20)21(15,16-2-1-4-29-31-16)17-10-22-6-7-25-17/h1-7,10,12-15H,8-9,11H2,(H,26,30,35). The molecule has 0 saturated carbocycles. The SMILES string of the molecule is O=c1ccnc(C2CN(N3C=NCC3)N(c3ncncn3)C2(c2cnccn2)c2cccnn2)[nH]1. The van der Waals surface area contributed by atoms with Gasteiger partial charge in [-0.1, -0.05) is 0 Å². The Labute approximate surface area is 198 Å². The van der Waals surface area contributed by atoms with Crippen LogP contribution in [0.25, 0.3) is 0 Å². The molecule has 4 aromatic rings. The van der Waals surface area contributed by atoms with E-state index in [1.165, 1.54) is 24.9 Å². The first-order chi connectivity index (χ1) is 17.3. The zero-order valence-corrected chi connectivity index (χ0v) is 18.3. The second-order valence-corrected chi connectivity index (χ2v) is 7.83. The van der Waals surface area contributed by atoms with Crippen molar-refractivity contribution in [2.45, 2.75) is 11.5 Å². The van der Waals surface area contributed by atoms with E-state index in [4.69, 9.17) is 4.98 Å². The van der Waals surface area contributed by atoms with Crippen LogP contribution in [0.1, 0.15) is 23.1 Å². The van der Waals surface area contributed by atoms with Crippen molar-refractivity contribution in [2.24, 2.45) is 4.99 Å². The first-order valence-corrected chi connectivity index (χ1v) is 10.8. The summed E-state index contributed by atoms with van der Waals surface area (Å²) < 4.78 is 0. The Morgan fingerprint density at radius 1 is 0.971 bits per heavy atom. The van der Waals surface area contributed by atoms with Crippen LogP contribution in [-0.4, -0.2) is 81.2 Å². The van der Waals surface area contributed by atoms with E-state index >= 15 is 0 Å². The Bertz CT molecular complexity index is 1340. The van der Waals surface area contributed by atoms with Gasteiger partial charge in [-0.15, -0.1) is 5.12 Å². The van der Waals surface area contributed by atoms with Crippen LogP contribution >= 0.6 is 0 Å². The fraction of sp³-hybridized carbons (Fsp3) is 0.238. The van der Waals surface area contributed by atoms with Crippen molar-refractivity contribution in [1.29, 1.82) is 0 Å². The van der Waals surface area contributed by atoms with E-state index < -0.39 is 11.5 Å². The summed E-state index contributed by atoms with van der Waals surface area (Å²) in [6.45, 7) is 1.65. The zero-order chi connectivity index (χ0) is 23.7. The van der Waals surface area contributed by atoms with Crippen LogP contribution in [-0.2, 0) is 5.54 Å². The van der Waals surface area contributed by atoms with Crippen LogP contribution in [0, 0.1) is 0 Å². The lowest BCUT2D eigenvalue weighted by Crippen LogP contribution is -2.56. The van der Waals surface area contributed by atoms with Crippen molar-refractivity contribution in [3.63, 3.8) is 0 Å². The van der Waals surface area contributed by atoms with Gasteiger partial charge in [0, 0.05) is 30.9 Å². The van der Waals surface area contributed by atoms with Crippen LogP contribution in [0.2, 0.25) is 0 Å². The Morgan fingerprint density at radius 2 is 1.89 bits per heavy atom. The van der Waals surface area contributed by atoms with Gasteiger partial charge in [-0.2, -0.15) is 20.2 Å². The molecule has 1 saturated heterocycles. The van der Waals surface area contributed by atoms with Crippen molar-refractivity contribution >= 4 is 12.3 Å². The molecule has 0 radical (unpaired) electrons. The highest BCUT2D eigenvalue weighted by Gasteiger charge is 2.61. The average molecular weight is 469 g/mol. The number of aromatic nitrogens is 9. The molecule has 6 rings (SSSR count). The normalized spacial score (nSPS) is 22.1. The molecule has 2 aliphatic rings. The van der Waals surface area contributed by atoms with Gasteiger partial charge < -0.3 is 4.98 Å². The summed E-state index contributed by atoms with van der Waals surface area (Å²) in [5.41, 5.74) is -0.348. The molecule has 2 unspecified atom stereocenters. The molecule has 14 nitrogen and oxygen atoms in total. The number of anilines is 1. The highest BCUT2D eigenvalue weighted by Crippen LogP contribution is 2.51. The molecule has 2 aliphatic heterocycles. The van der Waals surface area contributed by atoms with E-state index in [-0.39, 0.29) is 5.56 Å². The number of hydrazine groups is 2. The van der Waals surface area contributed by atoms with E-state index in [0.29, 0.717) is 42.8 Å². The number of nitrogens with one attached hydrogen (secondary N) is 1. The van der Waals surface area contributed by atoms with E-state index in [1.807, 2.05) is 21.2 Å². The second-order valence-electron chi connectivity index (χ2n) is 7.83.